The molecule has 3 fully saturated rings. The Labute approximate surface area is 260 Å². The molecule has 7 nitrogen and oxygen atoms in total. The van der Waals surface area contributed by atoms with Crippen molar-refractivity contribution < 1.29 is 28.7 Å². The van der Waals surface area contributed by atoms with Gasteiger partial charge in [-0.05, 0) is 72.9 Å². The maximum Gasteiger partial charge on any atom is 0.258 e. The van der Waals surface area contributed by atoms with Crippen molar-refractivity contribution in [3.05, 3.63) is 101 Å². The average molecular weight is 640 g/mol. The van der Waals surface area contributed by atoms with Gasteiger partial charge in [0.2, 0.25) is 11.8 Å². The van der Waals surface area contributed by atoms with E-state index in [0.29, 0.717) is 16.8 Å². The van der Waals surface area contributed by atoms with Crippen LogP contribution in [0.3, 0.4) is 0 Å². The van der Waals surface area contributed by atoms with Gasteiger partial charge in [-0.15, -0.1) is 23.2 Å². The van der Waals surface area contributed by atoms with Crippen molar-refractivity contribution in [2.24, 2.45) is 17.8 Å². The number of nitrogens with zero attached hydrogens (tertiary/aromatic N) is 2. The molecular weight excluding hydrogens is 618 g/mol. The zero-order valence-electron chi connectivity index (χ0n) is 22.2. The van der Waals surface area contributed by atoms with E-state index >= 15 is 0 Å². The van der Waals surface area contributed by atoms with E-state index in [1.54, 1.807) is 36.4 Å². The van der Waals surface area contributed by atoms with Crippen molar-refractivity contribution in [3.63, 3.8) is 0 Å². The normalized spacial score (nSPS) is 31.6. The summed E-state index contributed by atoms with van der Waals surface area (Å²) in [7, 11) is 0. The van der Waals surface area contributed by atoms with Gasteiger partial charge in [0, 0.05) is 10.9 Å². The quantitative estimate of drug-likeness (QED) is 0.217. The predicted octanol–water partition coefficient (Wildman–Crippen LogP) is 5.95. The molecule has 0 aromatic heterocycles. The molecule has 4 aliphatic rings. The number of para-hydroxylation sites is 1. The largest absolute Gasteiger partial charge is 0.508 e. The molecule has 1 N–H and O–H groups in total. The van der Waals surface area contributed by atoms with Crippen molar-refractivity contribution in [3.8, 4) is 5.75 Å². The minimum absolute atomic E-state index is 0.0768. The predicted molar refractivity (Wildman–Crippen MR) is 159 cm³/mol. The van der Waals surface area contributed by atoms with Crippen molar-refractivity contribution in [2.45, 2.75) is 28.5 Å². The number of hydrogen-bond donors (Lipinski definition) is 1. The van der Waals surface area contributed by atoms with Crippen LogP contribution in [-0.4, -0.2) is 38.5 Å². The Bertz CT molecular complexity index is 1770. The Morgan fingerprint density at radius 2 is 1.49 bits per heavy atom. The number of rotatable bonds is 3. The van der Waals surface area contributed by atoms with Crippen LogP contribution >= 0.6 is 34.8 Å². The second kappa shape index (κ2) is 9.64. The number of anilines is 2. The number of carbonyl (C=O) groups excluding carboxylic acids is 4. The Morgan fingerprint density at radius 3 is 2.16 bits per heavy atom. The van der Waals surface area contributed by atoms with Crippen LogP contribution in [0.2, 0.25) is 5.02 Å². The standard InChI is InChI=1S/C32H22Cl3FN2O5/c33-24-14-19(39)10-11-21(24)26-20-12-13-22-25(28(41)37(27(22)40)17-4-2-1-3-5-17)23(20)15-31(34)29(42)38(30(43)32(26,31)35)18-8-6-16(36)7-9-18/h1-12,14,22-23,25-26,39H,13,15H2/t22-,23+,25-,26+,31+,32-/m0/s1. The van der Waals surface area contributed by atoms with Gasteiger partial charge in [-0.25, -0.2) is 9.29 Å². The van der Waals surface area contributed by atoms with Crippen LogP contribution in [0.15, 0.2) is 84.4 Å². The first kappa shape index (κ1) is 28.1. The van der Waals surface area contributed by atoms with Gasteiger partial charge in [0.15, 0.2) is 9.75 Å². The summed E-state index contributed by atoms with van der Waals surface area (Å²) >= 11 is 21.3. The second-order valence-corrected chi connectivity index (χ2v) is 13.0. The molecule has 7 rings (SSSR count). The van der Waals surface area contributed by atoms with Gasteiger partial charge in [-0.3, -0.25) is 24.1 Å². The number of benzene rings is 3. The molecule has 11 heteroatoms. The molecule has 218 valence electrons. The third-order valence-electron chi connectivity index (χ3n) is 9.21. The Balaban J connectivity index is 1.41. The third-order valence-corrected chi connectivity index (χ3v) is 10.9. The monoisotopic (exact) mass is 638 g/mol. The lowest BCUT2D eigenvalue weighted by Gasteiger charge is -2.50. The van der Waals surface area contributed by atoms with Crippen LogP contribution < -0.4 is 9.80 Å². The molecule has 2 saturated heterocycles. The van der Waals surface area contributed by atoms with E-state index in [1.165, 1.54) is 35.2 Å². The van der Waals surface area contributed by atoms with Crippen LogP contribution in [0, 0.1) is 23.6 Å². The zero-order valence-corrected chi connectivity index (χ0v) is 24.5. The highest BCUT2D eigenvalue weighted by Gasteiger charge is 2.76. The Hall–Kier alpha value is -3.72. The molecule has 2 aliphatic carbocycles. The van der Waals surface area contributed by atoms with Crippen LogP contribution in [0.25, 0.3) is 0 Å². The first-order chi connectivity index (χ1) is 20.5. The van der Waals surface area contributed by atoms with E-state index in [0.717, 1.165) is 17.0 Å². The zero-order chi connectivity index (χ0) is 30.4. The number of hydrogen-bond acceptors (Lipinski definition) is 5. The van der Waals surface area contributed by atoms with E-state index in [-0.39, 0.29) is 35.2 Å². The number of fused-ring (bicyclic) bond motifs is 4. The second-order valence-electron chi connectivity index (χ2n) is 11.3. The Kier molecular flexibility index (Phi) is 6.30. The highest BCUT2D eigenvalue weighted by Crippen LogP contribution is 2.66. The summed E-state index contributed by atoms with van der Waals surface area (Å²) in [6.45, 7) is 0. The van der Waals surface area contributed by atoms with E-state index in [1.807, 2.05) is 0 Å². The third kappa shape index (κ3) is 3.73. The lowest BCUT2D eigenvalue weighted by molar-refractivity contribution is -0.125. The van der Waals surface area contributed by atoms with E-state index in [9.17, 15) is 28.7 Å². The fraction of sp³-hybridized carbons (Fsp3) is 0.250. The molecule has 0 spiro atoms. The van der Waals surface area contributed by atoms with Gasteiger partial charge in [0.25, 0.3) is 11.8 Å². The smallest absolute Gasteiger partial charge is 0.258 e. The van der Waals surface area contributed by atoms with Gasteiger partial charge in [-0.1, -0.05) is 47.5 Å². The molecule has 0 radical (unpaired) electrons. The molecule has 43 heavy (non-hydrogen) atoms. The van der Waals surface area contributed by atoms with Gasteiger partial charge in [0.05, 0.1) is 23.2 Å². The fourth-order valence-corrected chi connectivity index (χ4v) is 8.54. The summed E-state index contributed by atoms with van der Waals surface area (Å²) in [6.07, 6.45) is 1.79. The van der Waals surface area contributed by atoms with E-state index < -0.39 is 57.0 Å². The van der Waals surface area contributed by atoms with Crippen molar-refractivity contribution >= 4 is 69.8 Å². The van der Waals surface area contributed by atoms with E-state index in [2.05, 4.69) is 0 Å². The number of imide groups is 2. The first-order valence-corrected chi connectivity index (χ1v) is 14.8. The summed E-state index contributed by atoms with van der Waals surface area (Å²) < 4.78 is 13.8. The van der Waals surface area contributed by atoms with Crippen LogP contribution in [0.4, 0.5) is 15.8 Å². The summed E-state index contributed by atoms with van der Waals surface area (Å²) in [5.41, 5.74) is 1.41. The first-order valence-electron chi connectivity index (χ1n) is 13.6. The highest BCUT2D eigenvalue weighted by molar-refractivity contribution is 6.58. The van der Waals surface area contributed by atoms with Crippen LogP contribution in [0.1, 0.15) is 24.3 Å². The minimum atomic E-state index is -2.11. The summed E-state index contributed by atoms with van der Waals surface area (Å²) in [4.78, 5) is 54.1. The average Bonchev–Trinajstić information content (AvgIpc) is 3.32. The number of amides is 4. The summed E-state index contributed by atoms with van der Waals surface area (Å²) in [5, 5.41) is 10.2. The number of carbonyl (C=O) groups is 4. The van der Waals surface area contributed by atoms with Gasteiger partial charge < -0.3 is 5.11 Å². The summed E-state index contributed by atoms with van der Waals surface area (Å²) in [6, 6.07) is 17.6. The number of phenolic OH excluding ortho intramolecular Hbond substituents is 1. The highest BCUT2D eigenvalue weighted by atomic mass is 35.5. The van der Waals surface area contributed by atoms with Crippen molar-refractivity contribution in [1.29, 1.82) is 0 Å². The number of alkyl halides is 2. The molecule has 1 saturated carbocycles. The van der Waals surface area contributed by atoms with Crippen molar-refractivity contribution in [2.75, 3.05) is 9.80 Å². The molecule has 6 atom stereocenters. The van der Waals surface area contributed by atoms with Gasteiger partial charge in [0.1, 0.15) is 11.6 Å². The SMILES string of the molecule is O=C1[C@H]2[C@H](CC=C3[C@H]2C[C@@]2(Cl)C(=O)N(c4ccc(F)cc4)C(=O)[C@@]2(Cl)[C@H]3c2ccc(O)cc2Cl)C(=O)N1c1ccccc1. The lowest BCUT2D eigenvalue weighted by Crippen LogP contribution is -2.60. The minimum Gasteiger partial charge on any atom is -0.508 e. The molecule has 2 heterocycles. The Morgan fingerprint density at radius 1 is 0.814 bits per heavy atom. The lowest BCUT2D eigenvalue weighted by atomic mass is 9.56. The molecule has 4 amide bonds. The number of allylic oxidation sites excluding steroid dienone is 2. The molecular formula is C32H22Cl3FN2O5. The molecule has 3 aromatic carbocycles. The fourth-order valence-electron chi connectivity index (χ4n) is 7.33. The molecule has 2 aliphatic heterocycles. The molecule has 3 aromatic rings. The number of halogens is 4. The molecule has 0 bridgehead atoms. The topological polar surface area (TPSA) is 95.0 Å². The molecule has 0 unspecified atom stereocenters. The van der Waals surface area contributed by atoms with Gasteiger partial charge >= 0.3 is 0 Å². The van der Waals surface area contributed by atoms with E-state index in [4.69, 9.17) is 34.8 Å². The maximum absolute atomic E-state index is 14.3. The maximum atomic E-state index is 14.3. The van der Waals surface area contributed by atoms with Crippen LogP contribution in [-0.2, 0) is 19.2 Å². The number of phenols is 1. The van der Waals surface area contributed by atoms with Crippen molar-refractivity contribution in [1.82, 2.24) is 0 Å². The van der Waals surface area contributed by atoms with Crippen LogP contribution in [0.5, 0.6) is 5.75 Å². The van der Waals surface area contributed by atoms with Gasteiger partial charge in [-0.2, -0.15) is 0 Å². The summed E-state index contributed by atoms with van der Waals surface area (Å²) in [5.74, 6) is -6.55. The number of aromatic hydroxyl groups is 1.